The maximum Gasteiger partial charge on any atom is 0.266 e. The highest BCUT2D eigenvalue weighted by Crippen LogP contribution is 2.37. The van der Waals surface area contributed by atoms with Crippen LogP contribution in [-0.4, -0.2) is 27.3 Å². The fourth-order valence-electron chi connectivity index (χ4n) is 2.16. The van der Waals surface area contributed by atoms with Gasteiger partial charge in [0.1, 0.15) is 10.1 Å². The number of hydrogen-bond donors (Lipinski definition) is 1. The molecule has 1 aromatic carbocycles. The van der Waals surface area contributed by atoms with Gasteiger partial charge in [0.25, 0.3) is 5.91 Å². The van der Waals surface area contributed by atoms with Gasteiger partial charge in [-0.05, 0) is 24.3 Å². The minimum atomic E-state index is -0.210. The lowest BCUT2D eigenvalue weighted by Crippen LogP contribution is -2.27. The lowest BCUT2D eigenvalue weighted by atomic mass is 10.1. The average Bonchev–Trinajstić information content (AvgIpc) is 3.14. The molecule has 7 heteroatoms. The highest BCUT2D eigenvalue weighted by Gasteiger charge is 2.32. The molecule has 0 unspecified atom stereocenters. The number of phenolic OH excluding ortho intramolecular Hbond substituents is 1. The number of carbonyl (C=O) groups is 1. The molecule has 0 saturated carbocycles. The normalized spacial score (nSPS) is 16.4. The number of nitrogens with zero attached hydrogens (tertiary/aromatic N) is 1. The van der Waals surface area contributed by atoms with Crippen molar-refractivity contribution in [1.29, 1.82) is 0 Å². The number of ether oxygens (including phenoxy) is 1. The predicted octanol–water partition coefficient (Wildman–Crippen LogP) is 3.40. The number of para-hydroxylation sites is 1. The smallest absolute Gasteiger partial charge is 0.266 e. The van der Waals surface area contributed by atoms with Crippen LogP contribution in [0.25, 0.3) is 6.08 Å². The van der Waals surface area contributed by atoms with E-state index in [-0.39, 0.29) is 11.7 Å². The van der Waals surface area contributed by atoms with Crippen molar-refractivity contribution in [2.45, 2.75) is 6.54 Å². The Morgan fingerprint density at radius 1 is 1.39 bits per heavy atom. The third-order valence-corrected chi connectivity index (χ3v) is 4.68. The van der Waals surface area contributed by atoms with Crippen molar-refractivity contribution < 1.29 is 19.1 Å². The molecule has 1 amide bonds. The molecule has 0 aliphatic carbocycles. The topological polar surface area (TPSA) is 62.9 Å². The first-order chi connectivity index (χ1) is 11.1. The summed E-state index contributed by atoms with van der Waals surface area (Å²) in [6.45, 7) is 0.291. The van der Waals surface area contributed by atoms with Gasteiger partial charge in [0.2, 0.25) is 0 Å². The number of thiocarbonyl (C=S) groups is 1. The Labute approximate surface area is 142 Å². The van der Waals surface area contributed by atoms with Crippen molar-refractivity contribution in [3.8, 4) is 11.5 Å². The molecule has 0 bridgehead atoms. The van der Waals surface area contributed by atoms with Crippen molar-refractivity contribution >= 4 is 40.3 Å². The summed E-state index contributed by atoms with van der Waals surface area (Å²) in [5.74, 6) is 0.793. The SMILES string of the molecule is COc1cccc(/C=C2\SC(=S)N(Cc3ccco3)C2=O)c1O. The molecular weight excluding hydrogens is 334 g/mol. The summed E-state index contributed by atoms with van der Waals surface area (Å²) >= 11 is 6.46. The summed E-state index contributed by atoms with van der Waals surface area (Å²) in [6, 6.07) is 8.65. The van der Waals surface area contributed by atoms with E-state index in [1.54, 1.807) is 42.7 Å². The Morgan fingerprint density at radius 3 is 2.91 bits per heavy atom. The van der Waals surface area contributed by atoms with Crippen LogP contribution < -0.4 is 4.74 Å². The van der Waals surface area contributed by atoms with Crippen molar-refractivity contribution in [2.24, 2.45) is 0 Å². The summed E-state index contributed by atoms with van der Waals surface area (Å²) in [5, 5.41) is 10.1. The van der Waals surface area contributed by atoms with Gasteiger partial charge in [0.15, 0.2) is 11.5 Å². The number of thioether (sulfide) groups is 1. The first-order valence-corrected chi connectivity index (χ1v) is 7.96. The summed E-state index contributed by atoms with van der Waals surface area (Å²) in [5.41, 5.74) is 0.503. The molecule has 3 rings (SSSR count). The minimum absolute atomic E-state index is 0.00805. The zero-order chi connectivity index (χ0) is 16.4. The fraction of sp³-hybridized carbons (Fsp3) is 0.125. The third-order valence-electron chi connectivity index (χ3n) is 3.30. The van der Waals surface area contributed by atoms with E-state index < -0.39 is 0 Å². The van der Waals surface area contributed by atoms with Crippen LogP contribution in [0.15, 0.2) is 45.9 Å². The van der Waals surface area contributed by atoms with Gasteiger partial charge in [-0.25, -0.2) is 0 Å². The van der Waals surface area contributed by atoms with E-state index >= 15 is 0 Å². The standard InChI is InChI=1S/C16H13NO4S2/c1-20-12-6-2-4-10(14(12)18)8-13-15(19)17(16(22)23-13)9-11-5-3-7-21-11/h2-8,18H,9H2,1H3/b13-8-. The third kappa shape index (κ3) is 3.11. The highest BCUT2D eigenvalue weighted by molar-refractivity contribution is 8.26. The highest BCUT2D eigenvalue weighted by atomic mass is 32.2. The summed E-state index contributed by atoms with van der Waals surface area (Å²) in [6.07, 6.45) is 3.16. The second-order valence-electron chi connectivity index (χ2n) is 4.75. The molecular formula is C16H13NO4S2. The number of amides is 1. The second-order valence-corrected chi connectivity index (χ2v) is 6.42. The molecule has 1 aliphatic rings. The largest absolute Gasteiger partial charge is 0.504 e. The average molecular weight is 347 g/mol. The van der Waals surface area contributed by atoms with Crippen LogP contribution in [0.3, 0.4) is 0 Å². The molecule has 1 aliphatic heterocycles. The van der Waals surface area contributed by atoms with Gasteiger partial charge >= 0.3 is 0 Å². The van der Waals surface area contributed by atoms with Crippen LogP contribution >= 0.6 is 24.0 Å². The van der Waals surface area contributed by atoms with E-state index in [2.05, 4.69) is 0 Å². The first kappa shape index (κ1) is 15.6. The van der Waals surface area contributed by atoms with E-state index in [1.807, 2.05) is 0 Å². The molecule has 1 N–H and O–H groups in total. The summed E-state index contributed by atoms with van der Waals surface area (Å²) < 4.78 is 10.8. The molecule has 0 atom stereocenters. The lowest BCUT2D eigenvalue weighted by molar-refractivity contribution is -0.122. The minimum Gasteiger partial charge on any atom is -0.504 e. The zero-order valence-electron chi connectivity index (χ0n) is 12.2. The van der Waals surface area contributed by atoms with Crippen LogP contribution in [0.5, 0.6) is 11.5 Å². The first-order valence-electron chi connectivity index (χ1n) is 6.74. The van der Waals surface area contributed by atoms with Crippen LogP contribution in [0, 0.1) is 0 Å². The van der Waals surface area contributed by atoms with Gasteiger partial charge in [0, 0.05) is 5.56 Å². The monoisotopic (exact) mass is 347 g/mol. The van der Waals surface area contributed by atoms with Crippen LogP contribution in [0.2, 0.25) is 0 Å². The maximum atomic E-state index is 12.5. The zero-order valence-corrected chi connectivity index (χ0v) is 13.8. The molecule has 23 heavy (non-hydrogen) atoms. The van der Waals surface area contributed by atoms with Gasteiger partial charge in [-0.3, -0.25) is 9.69 Å². The molecule has 1 saturated heterocycles. The fourth-order valence-corrected chi connectivity index (χ4v) is 3.40. The Kier molecular flexibility index (Phi) is 4.40. The quantitative estimate of drug-likeness (QED) is 0.676. The number of phenols is 1. The van der Waals surface area contributed by atoms with E-state index in [1.165, 1.54) is 23.8 Å². The number of carbonyl (C=O) groups excluding carboxylic acids is 1. The van der Waals surface area contributed by atoms with Crippen molar-refractivity contribution in [2.75, 3.05) is 7.11 Å². The maximum absolute atomic E-state index is 12.5. The number of methoxy groups -OCH3 is 1. The molecule has 1 fully saturated rings. The summed E-state index contributed by atoms with van der Waals surface area (Å²) in [7, 11) is 1.47. The van der Waals surface area contributed by atoms with Gasteiger partial charge in [-0.1, -0.05) is 36.1 Å². The molecule has 1 aromatic heterocycles. The number of furan rings is 1. The number of rotatable bonds is 4. The Balaban J connectivity index is 1.87. The van der Waals surface area contributed by atoms with E-state index in [0.29, 0.717) is 32.8 Å². The molecule has 118 valence electrons. The Bertz CT molecular complexity index is 783. The molecule has 2 aromatic rings. The lowest BCUT2D eigenvalue weighted by Gasteiger charge is -2.12. The van der Waals surface area contributed by atoms with E-state index in [0.717, 1.165) is 0 Å². The van der Waals surface area contributed by atoms with Crippen molar-refractivity contribution in [3.05, 3.63) is 52.8 Å². The second kappa shape index (κ2) is 6.47. The number of benzene rings is 1. The van der Waals surface area contributed by atoms with Gasteiger partial charge in [-0.15, -0.1) is 0 Å². The molecule has 0 spiro atoms. The Hall–Kier alpha value is -2.25. The molecule has 0 radical (unpaired) electrons. The van der Waals surface area contributed by atoms with Crippen LogP contribution in [0.4, 0.5) is 0 Å². The number of aromatic hydroxyl groups is 1. The van der Waals surface area contributed by atoms with Crippen molar-refractivity contribution in [3.63, 3.8) is 0 Å². The van der Waals surface area contributed by atoms with Crippen LogP contribution in [-0.2, 0) is 11.3 Å². The molecule has 5 nitrogen and oxygen atoms in total. The van der Waals surface area contributed by atoms with E-state index in [9.17, 15) is 9.90 Å². The predicted molar refractivity (Wildman–Crippen MR) is 92.1 cm³/mol. The van der Waals surface area contributed by atoms with Gasteiger partial charge in [-0.2, -0.15) is 0 Å². The van der Waals surface area contributed by atoms with Gasteiger partial charge < -0.3 is 14.3 Å². The Morgan fingerprint density at radius 2 is 2.22 bits per heavy atom. The molecule has 2 heterocycles. The van der Waals surface area contributed by atoms with E-state index in [4.69, 9.17) is 21.4 Å². The summed E-state index contributed by atoms with van der Waals surface area (Å²) in [4.78, 5) is 14.4. The van der Waals surface area contributed by atoms with Crippen molar-refractivity contribution in [1.82, 2.24) is 4.90 Å². The van der Waals surface area contributed by atoms with Crippen LogP contribution in [0.1, 0.15) is 11.3 Å². The number of hydrogen-bond acceptors (Lipinski definition) is 6. The van der Waals surface area contributed by atoms with Gasteiger partial charge in [0.05, 0.1) is 24.8 Å².